The van der Waals surface area contributed by atoms with Gasteiger partial charge in [0.15, 0.2) is 4.34 Å². The SMILES string of the molecule is COc1ccccc1N1CCN(C(=O)CSc2nnc(NCC(C)C)s2)CC1. The minimum absolute atomic E-state index is 0.150. The Morgan fingerprint density at radius 1 is 1.25 bits per heavy atom. The van der Waals surface area contributed by atoms with Crippen LogP contribution < -0.4 is 15.0 Å². The number of methoxy groups -OCH3 is 1. The van der Waals surface area contributed by atoms with Crippen molar-refractivity contribution in [1.29, 1.82) is 0 Å². The zero-order chi connectivity index (χ0) is 19.9. The number of aromatic nitrogens is 2. The van der Waals surface area contributed by atoms with Crippen molar-refractivity contribution >= 4 is 39.8 Å². The average Bonchev–Trinajstić information content (AvgIpc) is 3.18. The Morgan fingerprint density at radius 2 is 2.00 bits per heavy atom. The Hall–Kier alpha value is -2.00. The van der Waals surface area contributed by atoms with Crippen LogP contribution in [0.15, 0.2) is 28.6 Å². The zero-order valence-electron chi connectivity index (χ0n) is 16.6. The van der Waals surface area contributed by atoms with E-state index in [1.54, 1.807) is 7.11 Å². The molecule has 0 saturated carbocycles. The van der Waals surface area contributed by atoms with Crippen molar-refractivity contribution in [2.75, 3.05) is 55.8 Å². The molecule has 1 N–H and O–H groups in total. The van der Waals surface area contributed by atoms with E-state index in [4.69, 9.17) is 4.74 Å². The second-order valence-corrected chi connectivity index (χ2v) is 9.18. The monoisotopic (exact) mass is 421 g/mol. The summed E-state index contributed by atoms with van der Waals surface area (Å²) in [5.41, 5.74) is 1.08. The predicted octanol–water partition coefficient (Wildman–Crippen LogP) is 3.06. The maximum Gasteiger partial charge on any atom is 0.233 e. The molecule has 0 unspecified atom stereocenters. The van der Waals surface area contributed by atoms with Crippen LogP contribution in [0.1, 0.15) is 13.8 Å². The van der Waals surface area contributed by atoms with Crippen molar-refractivity contribution in [1.82, 2.24) is 15.1 Å². The second-order valence-electron chi connectivity index (χ2n) is 6.98. The van der Waals surface area contributed by atoms with Crippen molar-refractivity contribution in [3.63, 3.8) is 0 Å². The van der Waals surface area contributed by atoms with Gasteiger partial charge in [0.25, 0.3) is 0 Å². The summed E-state index contributed by atoms with van der Waals surface area (Å²) in [4.78, 5) is 16.8. The van der Waals surface area contributed by atoms with Gasteiger partial charge in [-0.05, 0) is 18.1 Å². The Bertz CT molecular complexity index is 775. The van der Waals surface area contributed by atoms with Crippen molar-refractivity contribution in [3.05, 3.63) is 24.3 Å². The molecule has 28 heavy (non-hydrogen) atoms. The summed E-state index contributed by atoms with van der Waals surface area (Å²) in [5.74, 6) is 1.97. The molecule has 2 heterocycles. The molecule has 1 aromatic heterocycles. The van der Waals surface area contributed by atoms with Gasteiger partial charge in [0, 0.05) is 32.7 Å². The number of rotatable bonds is 8. The van der Waals surface area contributed by atoms with Crippen LogP contribution in [-0.2, 0) is 4.79 Å². The van der Waals surface area contributed by atoms with Crippen molar-refractivity contribution in [2.45, 2.75) is 18.2 Å². The first kappa shape index (κ1) is 20.7. The highest BCUT2D eigenvalue weighted by molar-refractivity contribution is 8.01. The molecule has 0 radical (unpaired) electrons. The fourth-order valence-electron chi connectivity index (χ4n) is 2.93. The van der Waals surface area contributed by atoms with Gasteiger partial charge in [0.05, 0.1) is 18.6 Å². The molecule has 1 fully saturated rings. The number of amides is 1. The van der Waals surface area contributed by atoms with E-state index in [0.717, 1.165) is 53.6 Å². The molecule has 0 spiro atoms. The number of hydrogen-bond donors (Lipinski definition) is 1. The lowest BCUT2D eigenvalue weighted by atomic mass is 10.2. The number of anilines is 2. The quantitative estimate of drug-likeness (QED) is 0.657. The van der Waals surface area contributed by atoms with Crippen LogP contribution in [0, 0.1) is 5.92 Å². The third kappa shape index (κ3) is 5.51. The van der Waals surface area contributed by atoms with Crippen LogP contribution in [-0.4, -0.2) is 66.6 Å². The van der Waals surface area contributed by atoms with Crippen molar-refractivity contribution in [2.24, 2.45) is 5.92 Å². The Morgan fingerprint density at radius 3 is 2.71 bits per heavy atom. The molecular formula is C19H27N5O2S2. The summed E-state index contributed by atoms with van der Waals surface area (Å²) in [5, 5.41) is 12.4. The van der Waals surface area contributed by atoms with Crippen LogP contribution in [0.3, 0.4) is 0 Å². The number of thioether (sulfide) groups is 1. The fraction of sp³-hybridized carbons (Fsp3) is 0.526. The number of ether oxygens (including phenoxy) is 1. The largest absolute Gasteiger partial charge is 0.495 e. The Kier molecular flexibility index (Phi) is 7.38. The van der Waals surface area contributed by atoms with Gasteiger partial charge in [-0.25, -0.2) is 0 Å². The molecule has 1 aromatic carbocycles. The van der Waals surface area contributed by atoms with E-state index in [2.05, 4.69) is 40.3 Å². The molecule has 3 rings (SSSR count). The number of nitrogens with one attached hydrogen (secondary N) is 1. The van der Waals surface area contributed by atoms with Gasteiger partial charge in [-0.15, -0.1) is 10.2 Å². The van der Waals surface area contributed by atoms with Gasteiger partial charge < -0.3 is 19.9 Å². The number of carbonyl (C=O) groups excluding carboxylic acids is 1. The third-order valence-electron chi connectivity index (χ3n) is 4.45. The highest BCUT2D eigenvalue weighted by Crippen LogP contribution is 2.29. The first-order chi connectivity index (χ1) is 13.6. The van der Waals surface area contributed by atoms with Crippen LogP contribution >= 0.6 is 23.1 Å². The van der Waals surface area contributed by atoms with E-state index in [0.29, 0.717) is 11.7 Å². The summed E-state index contributed by atoms with van der Waals surface area (Å²) >= 11 is 2.96. The number of hydrogen-bond acceptors (Lipinski definition) is 8. The summed E-state index contributed by atoms with van der Waals surface area (Å²) < 4.78 is 6.28. The van der Waals surface area contributed by atoms with E-state index < -0.39 is 0 Å². The molecule has 9 heteroatoms. The molecule has 0 aliphatic carbocycles. The van der Waals surface area contributed by atoms with Gasteiger partial charge in [0.1, 0.15) is 5.75 Å². The lowest BCUT2D eigenvalue weighted by molar-refractivity contribution is -0.128. The van der Waals surface area contributed by atoms with Gasteiger partial charge >= 0.3 is 0 Å². The van der Waals surface area contributed by atoms with Crippen molar-refractivity contribution < 1.29 is 9.53 Å². The van der Waals surface area contributed by atoms with Gasteiger partial charge in [-0.2, -0.15) is 0 Å². The highest BCUT2D eigenvalue weighted by atomic mass is 32.2. The summed E-state index contributed by atoms with van der Waals surface area (Å²) in [6, 6.07) is 8.01. The summed E-state index contributed by atoms with van der Waals surface area (Å²) in [6.07, 6.45) is 0. The first-order valence-corrected chi connectivity index (χ1v) is 11.2. The molecular weight excluding hydrogens is 394 g/mol. The second kappa shape index (κ2) is 9.97. The van der Waals surface area contributed by atoms with Crippen LogP contribution in [0.4, 0.5) is 10.8 Å². The molecule has 152 valence electrons. The molecule has 1 saturated heterocycles. The number of nitrogens with zero attached hydrogens (tertiary/aromatic N) is 4. The number of para-hydroxylation sites is 2. The molecule has 2 aromatic rings. The van der Waals surface area contributed by atoms with E-state index in [1.807, 2.05) is 23.1 Å². The van der Waals surface area contributed by atoms with Crippen molar-refractivity contribution in [3.8, 4) is 5.75 Å². The highest BCUT2D eigenvalue weighted by Gasteiger charge is 2.23. The lowest BCUT2D eigenvalue weighted by Gasteiger charge is -2.36. The molecule has 7 nitrogen and oxygen atoms in total. The Labute approximate surface area is 174 Å². The topological polar surface area (TPSA) is 70.6 Å². The smallest absolute Gasteiger partial charge is 0.233 e. The number of carbonyl (C=O) groups is 1. The average molecular weight is 422 g/mol. The molecule has 1 aliphatic heterocycles. The zero-order valence-corrected chi connectivity index (χ0v) is 18.2. The normalized spacial score (nSPS) is 14.4. The molecule has 0 bridgehead atoms. The predicted molar refractivity (Wildman–Crippen MR) is 116 cm³/mol. The number of piperazine rings is 1. The fourth-order valence-corrected chi connectivity index (χ4v) is 4.60. The standard InChI is InChI=1S/C19H27N5O2S2/c1-14(2)12-20-18-21-22-19(28-18)27-13-17(25)24-10-8-23(9-11-24)15-6-4-5-7-16(15)26-3/h4-7,14H,8-13H2,1-3H3,(H,20,21). The number of benzene rings is 1. The lowest BCUT2D eigenvalue weighted by Crippen LogP contribution is -2.49. The van der Waals surface area contributed by atoms with Gasteiger partial charge in [-0.3, -0.25) is 4.79 Å². The minimum Gasteiger partial charge on any atom is -0.495 e. The maximum absolute atomic E-state index is 12.6. The molecule has 0 atom stereocenters. The van der Waals surface area contributed by atoms with Gasteiger partial charge in [0.2, 0.25) is 11.0 Å². The summed E-state index contributed by atoms with van der Waals surface area (Å²) in [6.45, 7) is 8.21. The van der Waals surface area contributed by atoms with Gasteiger partial charge in [-0.1, -0.05) is 49.1 Å². The van der Waals surface area contributed by atoms with E-state index in [9.17, 15) is 4.79 Å². The van der Waals surface area contributed by atoms with Crippen LogP contribution in [0.2, 0.25) is 0 Å². The Balaban J connectivity index is 1.45. The van der Waals surface area contributed by atoms with E-state index in [1.165, 1.54) is 23.1 Å². The first-order valence-electron chi connectivity index (χ1n) is 9.42. The van der Waals surface area contributed by atoms with Crippen LogP contribution in [0.25, 0.3) is 0 Å². The van der Waals surface area contributed by atoms with E-state index >= 15 is 0 Å². The van der Waals surface area contributed by atoms with Crippen LogP contribution in [0.5, 0.6) is 5.75 Å². The molecule has 1 aliphatic rings. The maximum atomic E-state index is 12.6. The molecule has 1 amide bonds. The summed E-state index contributed by atoms with van der Waals surface area (Å²) in [7, 11) is 1.69. The van der Waals surface area contributed by atoms with E-state index in [-0.39, 0.29) is 5.91 Å². The third-order valence-corrected chi connectivity index (χ3v) is 6.44. The minimum atomic E-state index is 0.150.